The molecule has 0 aliphatic carbocycles. The van der Waals surface area contributed by atoms with Crippen molar-refractivity contribution in [2.45, 2.75) is 32.4 Å². The van der Waals surface area contributed by atoms with Gasteiger partial charge in [0, 0.05) is 10.9 Å². The van der Waals surface area contributed by atoms with Crippen molar-refractivity contribution >= 4 is 16.8 Å². The zero-order valence-electron chi connectivity index (χ0n) is 17.7. The van der Waals surface area contributed by atoms with Crippen LogP contribution in [0.5, 0.6) is 0 Å². The van der Waals surface area contributed by atoms with Crippen LogP contribution in [0.15, 0.2) is 84.9 Å². The molecule has 1 amide bonds. The van der Waals surface area contributed by atoms with Gasteiger partial charge in [0.15, 0.2) is 0 Å². The number of para-hydroxylation sites is 1. The molecule has 4 nitrogen and oxygen atoms in total. The van der Waals surface area contributed by atoms with Gasteiger partial charge in [0.1, 0.15) is 0 Å². The molecule has 4 heteroatoms. The van der Waals surface area contributed by atoms with Crippen LogP contribution in [0.2, 0.25) is 0 Å². The van der Waals surface area contributed by atoms with Crippen LogP contribution in [0.4, 0.5) is 0 Å². The molecule has 156 valence electrons. The number of pyridine rings is 1. The van der Waals surface area contributed by atoms with Crippen molar-refractivity contribution in [3.05, 3.63) is 102 Å². The largest absolute Gasteiger partial charge is 0.391 e. The number of hydrogen-bond acceptors (Lipinski definition) is 3. The maximum Gasteiger partial charge on any atom is 0.225 e. The maximum absolute atomic E-state index is 13.1. The normalized spacial score (nSPS) is 13.0. The number of hydrogen-bond donors (Lipinski definition) is 2. The van der Waals surface area contributed by atoms with E-state index in [2.05, 4.69) is 5.32 Å². The molecule has 0 saturated carbocycles. The molecule has 31 heavy (non-hydrogen) atoms. The molecule has 0 bridgehead atoms. The SMILES string of the molecule is Cc1c(-c2ccccc2)nc2ccccc2c1CC(=O)N[C@H](c1ccccc1)[C@H](C)O. The Labute approximate surface area is 182 Å². The summed E-state index contributed by atoms with van der Waals surface area (Å²) in [6, 6.07) is 27.0. The maximum atomic E-state index is 13.1. The van der Waals surface area contributed by atoms with Crippen LogP contribution < -0.4 is 5.32 Å². The number of rotatable bonds is 6. The number of fused-ring (bicyclic) bond motifs is 1. The highest BCUT2D eigenvalue weighted by Gasteiger charge is 2.21. The third-order valence-corrected chi connectivity index (χ3v) is 5.61. The van der Waals surface area contributed by atoms with Gasteiger partial charge in [-0.3, -0.25) is 4.79 Å². The van der Waals surface area contributed by atoms with Crippen LogP contribution in [-0.2, 0) is 11.2 Å². The van der Waals surface area contributed by atoms with E-state index in [1.54, 1.807) is 6.92 Å². The van der Waals surface area contributed by atoms with E-state index in [4.69, 9.17) is 4.98 Å². The molecule has 1 heterocycles. The number of carbonyl (C=O) groups excluding carboxylic acids is 1. The van der Waals surface area contributed by atoms with E-state index in [0.717, 1.165) is 38.9 Å². The van der Waals surface area contributed by atoms with Crippen LogP contribution in [0, 0.1) is 6.92 Å². The molecule has 0 aliphatic rings. The van der Waals surface area contributed by atoms with Crippen molar-refractivity contribution in [1.82, 2.24) is 10.3 Å². The van der Waals surface area contributed by atoms with E-state index < -0.39 is 12.1 Å². The average Bonchev–Trinajstić information content (AvgIpc) is 2.80. The molecule has 0 unspecified atom stereocenters. The first-order valence-electron chi connectivity index (χ1n) is 10.5. The van der Waals surface area contributed by atoms with Gasteiger partial charge in [-0.15, -0.1) is 0 Å². The Kier molecular flexibility index (Phi) is 6.10. The first-order valence-corrected chi connectivity index (χ1v) is 10.5. The molecule has 0 aliphatic heterocycles. The molecule has 0 spiro atoms. The number of nitrogens with zero attached hydrogens (tertiary/aromatic N) is 1. The smallest absolute Gasteiger partial charge is 0.225 e. The van der Waals surface area contributed by atoms with Crippen LogP contribution in [0.3, 0.4) is 0 Å². The average molecular weight is 411 g/mol. The summed E-state index contributed by atoms with van der Waals surface area (Å²) in [7, 11) is 0. The van der Waals surface area contributed by atoms with E-state index in [1.165, 1.54) is 0 Å². The standard InChI is InChI=1S/C27H26N2O2/c1-18-23(17-25(31)29-27(19(2)30)21-13-7-4-8-14-21)22-15-9-10-16-24(22)28-26(18)20-11-5-3-6-12-20/h3-16,19,27,30H,17H2,1-2H3,(H,29,31)/t19-,27-/m0/s1. The zero-order chi connectivity index (χ0) is 21.8. The zero-order valence-corrected chi connectivity index (χ0v) is 17.7. The lowest BCUT2D eigenvalue weighted by molar-refractivity contribution is -0.122. The van der Waals surface area contributed by atoms with Gasteiger partial charge >= 0.3 is 0 Å². The van der Waals surface area contributed by atoms with Crippen LogP contribution in [0.1, 0.15) is 29.7 Å². The van der Waals surface area contributed by atoms with Crippen LogP contribution >= 0.6 is 0 Å². The number of aromatic nitrogens is 1. The molecule has 1 aromatic heterocycles. The molecule has 4 rings (SSSR count). The van der Waals surface area contributed by atoms with Crippen molar-refractivity contribution in [2.24, 2.45) is 0 Å². The fourth-order valence-corrected chi connectivity index (χ4v) is 4.01. The molecule has 0 fully saturated rings. The highest BCUT2D eigenvalue weighted by Crippen LogP contribution is 2.30. The molecule has 3 aromatic carbocycles. The van der Waals surface area contributed by atoms with Crippen molar-refractivity contribution in [3.8, 4) is 11.3 Å². The Balaban J connectivity index is 1.70. The number of carbonyl (C=O) groups is 1. The fraction of sp³-hybridized carbons (Fsp3) is 0.185. The van der Waals surface area contributed by atoms with E-state index >= 15 is 0 Å². The fourth-order valence-electron chi connectivity index (χ4n) is 4.01. The van der Waals surface area contributed by atoms with E-state index in [-0.39, 0.29) is 12.3 Å². The third-order valence-electron chi connectivity index (χ3n) is 5.61. The van der Waals surface area contributed by atoms with E-state index in [1.807, 2.05) is 91.9 Å². The van der Waals surface area contributed by atoms with Gasteiger partial charge in [-0.2, -0.15) is 0 Å². The van der Waals surface area contributed by atoms with Crippen molar-refractivity contribution in [2.75, 3.05) is 0 Å². The molecular weight excluding hydrogens is 384 g/mol. The monoisotopic (exact) mass is 410 g/mol. The van der Waals surface area contributed by atoms with E-state index in [0.29, 0.717) is 0 Å². The highest BCUT2D eigenvalue weighted by molar-refractivity contribution is 5.92. The van der Waals surface area contributed by atoms with Gasteiger partial charge < -0.3 is 10.4 Å². The van der Waals surface area contributed by atoms with E-state index in [9.17, 15) is 9.90 Å². The molecule has 0 saturated heterocycles. The van der Waals surface area contributed by atoms with Crippen LogP contribution in [-0.4, -0.2) is 22.1 Å². The second-order valence-electron chi connectivity index (χ2n) is 7.82. The first-order chi connectivity index (χ1) is 15.0. The molecule has 4 aromatic rings. The second-order valence-corrected chi connectivity index (χ2v) is 7.82. The summed E-state index contributed by atoms with van der Waals surface area (Å²) in [6.07, 6.45) is -0.494. The summed E-state index contributed by atoms with van der Waals surface area (Å²) in [5.74, 6) is -0.131. The topological polar surface area (TPSA) is 62.2 Å². The van der Waals surface area contributed by atoms with Crippen molar-refractivity contribution in [1.29, 1.82) is 0 Å². The number of benzene rings is 3. The minimum absolute atomic E-state index is 0.131. The summed E-state index contributed by atoms with van der Waals surface area (Å²) >= 11 is 0. The van der Waals surface area contributed by atoms with Crippen molar-refractivity contribution in [3.63, 3.8) is 0 Å². The number of amides is 1. The van der Waals surface area contributed by atoms with Gasteiger partial charge in [-0.05, 0) is 36.6 Å². The summed E-state index contributed by atoms with van der Waals surface area (Å²) in [5, 5.41) is 14.3. The lowest BCUT2D eigenvalue weighted by Gasteiger charge is -2.23. The predicted molar refractivity (Wildman–Crippen MR) is 125 cm³/mol. The Bertz CT molecular complexity index is 1190. The lowest BCUT2D eigenvalue weighted by Crippen LogP contribution is -2.36. The quantitative estimate of drug-likeness (QED) is 0.471. The molecular formula is C27H26N2O2. The molecule has 0 radical (unpaired) electrons. The highest BCUT2D eigenvalue weighted by atomic mass is 16.3. The van der Waals surface area contributed by atoms with Crippen LogP contribution in [0.25, 0.3) is 22.2 Å². The second kappa shape index (κ2) is 9.11. The Hall–Kier alpha value is -3.50. The number of nitrogens with one attached hydrogen (secondary N) is 1. The minimum atomic E-state index is -0.707. The van der Waals surface area contributed by atoms with Crippen molar-refractivity contribution < 1.29 is 9.90 Å². The number of aliphatic hydroxyl groups excluding tert-OH is 1. The molecule has 2 N–H and O–H groups in total. The number of aliphatic hydroxyl groups is 1. The summed E-state index contributed by atoms with van der Waals surface area (Å²) < 4.78 is 0. The minimum Gasteiger partial charge on any atom is -0.391 e. The Morgan fingerprint density at radius 1 is 0.935 bits per heavy atom. The van der Waals surface area contributed by atoms with Gasteiger partial charge in [0.05, 0.1) is 29.8 Å². The van der Waals surface area contributed by atoms with Gasteiger partial charge in [-0.1, -0.05) is 78.9 Å². The summed E-state index contributed by atoms with van der Waals surface area (Å²) in [4.78, 5) is 18.0. The first kappa shape index (κ1) is 20.8. The predicted octanol–water partition coefficient (Wildman–Crippen LogP) is 4.99. The molecule has 2 atom stereocenters. The van der Waals surface area contributed by atoms with Gasteiger partial charge in [0.2, 0.25) is 5.91 Å². The van der Waals surface area contributed by atoms with Gasteiger partial charge in [0.25, 0.3) is 0 Å². The summed E-state index contributed by atoms with van der Waals surface area (Å²) in [5.41, 5.74) is 5.61. The third kappa shape index (κ3) is 4.49. The van der Waals surface area contributed by atoms with Gasteiger partial charge in [-0.25, -0.2) is 4.98 Å². The lowest BCUT2D eigenvalue weighted by atomic mass is 9.95. The Morgan fingerprint density at radius 2 is 1.55 bits per heavy atom. The summed E-state index contributed by atoms with van der Waals surface area (Å²) in [6.45, 7) is 3.71. The Morgan fingerprint density at radius 3 is 2.23 bits per heavy atom.